The van der Waals surface area contributed by atoms with Gasteiger partial charge in [0, 0.05) is 5.41 Å². The Morgan fingerprint density at radius 1 is 0.187 bits per heavy atom. The van der Waals surface area contributed by atoms with Crippen LogP contribution < -0.4 is 0 Å². The molecule has 5 aliphatic carbocycles. The first kappa shape index (κ1) is 39.2. The highest BCUT2D eigenvalue weighted by atomic mass is 14.4. The lowest BCUT2D eigenvalue weighted by Gasteiger charge is -2.23. The molecule has 0 aromatic heterocycles. The van der Waals surface area contributed by atoms with Crippen LogP contribution in [0.3, 0.4) is 0 Å². The molecule has 0 saturated heterocycles. The zero-order chi connectivity index (χ0) is 48.7. The minimum Gasteiger partial charge on any atom is -0.0616 e. The Balaban J connectivity index is 0.739. The third kappa shape index (κ3) is 4.69. The molecule has 0 amide bonds. The molecule has 0 radical (unpaired) electrons. The molecule has 0 saturated carbocycles. The van der Waals surface area contributed by atoms with Crippen LogP contribution >= 0.6 is 0 Å². The molecule has 0 N–H and O–H groups in total. The van der Waals surface area contributed by atoms with Crippen molar-refractivity contribution in [3.05, 3.63) is 230 Å². The van der Waals surface area contributed by atoms with Gasteiger partial charge in [0.05, 0.1) is 0 Å². The van der Waals surface area contributed by atoms with Gasteiger partial charge in [0.1, 0.15) is 0 Å². The molecule has 0 heteroatoms. The molecule has 5 aliphatic rings. The molecule has 0 nitrogen and oxygen atoms in total. The van der Waals surface area contributed by atoms with Crippen LogP contribution in [-0.2, 0) is 5.41 Å². The zero-order valence-corrected chi connectivity index (χ0v) is 41.3. The van der Waals surface area contributed by atoms with Crippen molar-refractivity contribution in [3.8, 4) is 122 Å². The fourth-order valence-corrected chi connectivity index (χ4v) is 15.4. The maximum Gasteiger partial charge on any atom is 0.0159 e. The minimum atomic E-state index is -0.182. The van der Waals surface area contributed by atoms with Crippen LogP contribution in [0.2, 0.25) is 0 Å². The lowest BCUT2D eigenvalue weighted by molar-refractivity contribution is 0.661. The lowest BCUT2D eigenvalue weighted by Crippen LogP contribution is -2.15. The molecule has 0 aliphatic heterocycles. The topological polar surface area (TPSA) is 0 Å². The summed E-state index contributed by atoms with van der Waals surface area (Å²) >= 11 is 0. The highest BCUT2D eigenvalue weighted by molar-refractivity contribution is 6.27. The standard InChI is InChI=1S/C75H42/c1-75(2)69-37-65-57-29-25-45(43-23-27-55-61-33-41-13-5-3-11-39(41)31-59(61)51-19-7-15-47(43)71(51)55)49-17-9-21-53(73(49)57)63(65)35-67(69)68-36-64-54-22-10-18-50-46(26-30-58(74(50)54)66(64)38-70(68)75)44-24-28-56-62-34-42-14-6-4-12-40(42)32-60(62)52-20-8-16-48(44)72(52)56/h3-38H,1-2H3. The van der Waals surface area contributed by atoms with E-state index in [-0.39, 0.29) is 5.41 Å². The Labute approximate surface area is 433 Å². The van der Waals surface area contributed by atoms with Crippen LogP contribution in [0.5, 0.6) is 0 Å². The first-order valence-electron chi connectivity index (χ1n) is 26.6. The van der Waals surface area contributed by atoms with E-state index >= 15 is 0 Å². The van der Waals surface area contributed by atoms with E-state index in [2.05, 4.69) is 232 Å². The number of fused-ring (bicyclic) bond motifs is 17. The molecular formula is C75H42. The summed E-state index contributed by atoms with van der Waals surface area (Å²) in [5.74, 6) is 0. The summed E-state index contributed by atoms with van der Waals surface area (Å²) in [5, 5.41) is 15.9. The van der Waals surface area contributed by atoms with E-state index in [1.807, 2.05) is 0 Å². The molecule has 0 atom stereocenters. The second-order valence-electron chi connectivity index (χ2n) is 22.6. The molecule has 0 spiro atoms. The van der Waals surface area contributed by atoms with Crippen molar-refractivity contribution >= 4 is 64.6 Å². The van der Waals surface area contributed by atoms with Crippen LogP contribution in [0.1, 0.15) is 25.0 Å². The molecule has 342 valence electrons. The first-order valence-corrected chi connectivity index (χ1v) is 26.6. The van der Waals surface area contributed by atoms with Gasteiger partial charge in [0.25, 0.3) is 0 Å². The average molecular weight is 943 g/mol. The van der Waals surface area contributed by atoms with Crippen molar-refractivity contribution in [2.45, 2.75) is 19.3 Å². The summed E-state index contributed by atoms with van der Waals surface area (Å²) in [6.07, 6.45) is 0. The monoisotopic (exact) mass is 942 g/mol. The fraction of sp³-hybridized carbons (Fsp3) is 0.0400. The van der Waals surface area contributed by atoms with Crippen molar-refractivity contribution in [1.82, 2.24) is 0 Å². The second kappa shape index (κ2) is 13.2. The fourth-order valence-electron chi connectivity index (χ4n) is 15.4. The van der Waals surface area contributed by atoms with Crippen LogP contribution in [0.25, 0.3) is 187 Å². The van der Waals surface area contributed by atoms with Gasteiger partial charge in [0.2, 0.25) is 0 Å². The van der Waals surface area contributed by atoms with Gasteiger partial charge in [-0.3, -0.25) is 0 Å². The van der Waals surface area contributed by atoms with E-state index < -0.39 is 0 Å². The van der Waals surface area contributed by atoms with Crippen molar-refractivity contribution < 1.29 is 0 Å². The Kier molecular flexibility index (Phi) is 6.92. The van der Waals surface area contributed by atoms with Gasteiger partial charge < -0.3 is 0 Å². The van der Waals surface area contributed by atoms with Crippen molar-refractivity contribution in [2.24, 2.45) is 0 Å². The summed E-state index contributed by atoms with van der Waals surface area (Å²) in [6, 6.07) is 84.4. The van der Waals surface area contributed by atoms with E-state index in [1.165, 1.54) is 198 Å². The van der Waals surface area contributed by atoms with Crippen molar-refractivity contribution in [1.29, 1.82) is 0 Å². The molecule has 0 fully saturated rings. The van der Waals surface area contributed by atoms with E-state index in [9.17, 15) is 0 Å². The van der Waals surface area contributed by atoms with Crippen LogP contribution in [0.4, 0.5) is 0 Å². The first-order chi connectivity index (χ1) is 36.9. The number of hydrogen-bond donors (Lipinski definition) is 0. The van der Waals surface area contributed by atoms with E-state index in [0.717, 1.165) is 0 Å². The van der Waals surface area contributed by atoms with Gasteiger partial charge in [-0.05, 0) is 247 Å². The highest BCUT2D eigenvalue weighted by Crippen LogP contribution is 2.61. The number of rotatable bonds is 2. The molecule has 0 bridgehead atoms. The van der Waals surface area contributed by atoms with Crippen molar-refractivity contribution in [2.75, 3.05) is 0 Å². The molecule has 14 aromatic carbocycles. The largest absolute Gasteiger partial charge is 0.0616 e. The average Bonchev–Trinajstić information content (AvgIpc) is 4.36. The summed E-state index contributed by atoms with van der Waals surface area (Å²) in [6.45, 7) is 4.90. The van der Waals surface area contributed by atoms with E-state index in [0.29, 0.717) is 0 Å². The van der Waals surface area contributed by atoms with Crippen LogP contribution in [0, 0.1) is 0 Å². The summed E-state index contributed by atoms with van der Waals surface area (Å²) in [4.78, 5) is 0. The van der Waals surface area contributed by atoms with Crippen molar-refractivity contribution in [3.63, 3.8) is 0 Å². The maximum absolute atomic E-state index is 2.56. The quantitative estimate of drug-likeness (QED) is 0.162. The van der Waals surface area contributed by atoms with E-state index in [1.54, 1.807) is 0 Å². The molecule has 14 aromatic rings. The molecule has 75 heavy (non-hydrogen) atoms. The summed E-state index contributed by atoms with van der Waals surface area (Å²) in [7, 11) is 0. The van der Waals surface area contributed by atoms with Crippen LogP contribution in [-0.4, -0.2) is 0 Å². The Morgan fingerprint density at radius 3 is 0.720 bits per heavy atom. The van der Waals surface area contributed by atoms with E-state index in [4.69, 9.17) is 0 Å². The number of benzene rings is 14. The molecular weight excluding hydrogens is 901 g/mol. The molecule has 19 rings (SSSR count). The predicted octanol–water partition coefficient (Wildman–Crippen LogP) is 20.8. The lowest BCUT2D eigenvalue weighted by atomic mass is 9.80. The Bertz CT molecular complexity index is 4710. The predicted molar refractivity (Wildman–Crippen MR) is 318 cm³/mol. The third-order valence-electron chi connectivity index (χ3n) is 18.8. The van der Waals surface area contributed by atoms with Gasteiger partial charge in [0.15, 0.2) is 0 Å². The third-order valence-corrected chi connectivity index (χ3v) is 18.8. The molecule has 0 heterocycles. The SMILES string of the molecule is CC1(C)c2cc3c(cc2-c2cc4c(cc21)-c1ccc(-c2ccc5c6c(cccc26)-c2cc6ccccc6cc2-5)c2cccc-4c12)-c1cccc2c(-c4ccc5c6c(cccc46)-c4cc6ccccc6cc4-5)ccc-3c12. The maximum atomic E-state index is 2.56. The zero-order valence-electron chi connectivity index (χ0n) is 41.3. The van der Waals surface area contributed by atoms with Gasteiger partial charge in [-0.25, -0.2) is 0 Å². The van der Waals surface area contributed by atoms with Gasteiger partial charge in [-0.1, -0.05) is 184 Å². The number of hydrogen-bond acceptors (Lipinski definition) is 0. The Hall–Kier alpha value is -9.36. The summed E-state index contributed by atoms with van der Waals surface area (Å²) in [5.41, 5.74) is 32.0. The molecule has 0 unspecified atom stereocenters. The van der Waals surface area contributed by atoms with Crippen LogP contribution in [0.15, 0.2) is 218 Å². The second-order valence-corrected chi connectivity index (χ2v) is 22.6. The highest BCUT2D eigenvalue weighted by Gasteiger charge is 2.40. The smallest absolute Gasteiger partial charge is 0.0159 e. The van der Waals surface area contributed by atoms with Gasteiger partial charge in [-0.15, -0.1) is 0 Å². The normalized spacial score (nSPS) is 13.8. The van der Waals surface area contributed by atoms with Gasteiger partial charge >= 0.3 is 0 Å². The minimum absolute atomic E-state index is 0.182. The summed E-state index contributed by atoms with van der Waals surface area (Å²) < 4.78 is 0. The van der Waals surface area contributed by atoms with Gasteiger partial charge in [-0.2, -0.15) is 0 Å². The Morgan fingerprint density at radius 2 is 0.427 bits per heavy atom.